The Morgan fingerprint density at radius 2 is 2.24 bits per heavy atom. The van der Waals surface area contributed by atoms with Gasteiger partial charge in [-0.3, -0.25) is 4.79 Å². The van der Waals surface area contributed by atoms with Gasteiger partial charge in [-0.25, -0.2) is 4.98 Å². The molecule has 1 amide bonds. The van der Waals surface area contributed by atoms with Gasteiger partial charge in [0.15, 0.2) is 0 Å². The lowest BCUT2D eigenvalue weighted by atomic mass is 10.3. The third-order valence-corrected chi connectivity index (χ3v) is 3.14. The van der Waals surface area contributed by atoms with Crippen molar-refractivity contribution in [3.8, 4) is 0 Å². The smallest absolute Gasteiger partial charge is 0.242 e. The van der Waals surface area contributed by atoms with Crippen LogP contribution in [0, 0.1) is 0 Å². The first-order chi connectivity index (χ1) is 8.04. The summed E-state index contributed by atoms with van der Waals surface area (Å²) >= 11 is 6.72. The molecule has 0 aliphatic rings. The Bertz CT molecular complexity index is 398. The second-order valence-corrected chi connectivity index (χ2v) is 5.41. The molecule has 1 heterocycles. The van der Waals surface area contributed by atoms with Crippen molar-refractivity contribution in [1.29, 1.82) is 0 Å². The van der Waals surface area contributed by atoms with E-state index in [0.717, 1.165) is 15.4 Å². The van der Waals surface area contributed by atoms with Crippen LogP contribution in [-0.4, -0.2) is 23.5 Å². The minimum absolute atomic E-state index is 0.0246. The van der Waals surface area contributed by atoms with Crippen LogP contribution in [0.4, 0.5) is 5.82 Å². The Morgan fingerprint density at radius 3 is 2.82 bits per heavy atom. The van der Waals surface area contributed by atoms with Crippen molar-refractivity contribution in [2.75, 3.05) is 11.9 Å². The summed E-state index contributed by atoms with van der Waals surface area (Å²) in [5.41, 5.74) is 0. The van der Waals surface area contributed by atoms with E-state index in [1.165, 1.54) is 0 Å². The van der Waals surface area contributed by atoms with Gasteiger partial charge in [0.2, 0.25) is 5.91 Å². The molecule has 0 aliphatic carbocycles. The number of amides is 1. The van der Waals surface area contributed by atoms with Crippen molar-refractivity contribution in [1.82, 2.24) is 10.3 Å². The minimum atomic E-state index is -0.313. The fourth-order valence-corrected chi connectivity index (χ4v) is 2.29. The summed E-state index contributed by atoms with van der Waals surface area (Å²) in [7, 11) is 0. The molecule has 0 spiro atoms. The third kappa shape index (κ3) is 4.63. The number of carbonyl (C=O) groups is 1. The fraction of sp³-hybridized carbons (Fsp3) is 0.455. The van der Waals surface area contributed by atoms with E-state index < -0.39 is 0 Å². The van der Waals surface area contributed by atoms with E-state index >= 15 is 0 Å². The molecule has 0 aliphatic heterocycles. The maximum absolute atomic E-state index is 11.7. The predicted octanol–water partition coefficient (Wildman–Crippen LogP) is 2.93. The molecule has 1 rings (SSSR count). The first-order valence-corrected chi connectivity index (χ1v) is 6.98. The lowest BCUT2D eigenvalue weighted by molar-refractivity contribution is -0.121. The van der Waals surface area contributed by atoms with Crippen molar-refractivity contribution in [2.24, 2.45) is 0 Å². The molecule has 0 saturated heterocycles. The average molecular weight is 365 g/mol. The Balaban J connectivity index is 2.61. The third-order valence-electron chi connectivity index (χ3n) is 2.10. The molecule has 94 valence electrons. The van der Waals surface area contributed by atoms with Crippen LogP contribution in [0.15, 0.2) is 21.2 Å². The van der Waals surface area contributed by atoms with Gasteiger partial charge in [-0.05, 0) is 51.3 Å². The summed E-state index contributed by atoms with van der Waals surface area (Å²) in [4.78, 5) is 15.9. The molecule has 1 aromatic heterocycles. The van der Waals surface area contributed by atoms with E-state index in [9.17, 15) is 4.79 Å². The zero-order valence-corrected chi connectivity index (χ0v) is 12.9. The zero-order chi connectivity index (χ0) is 12.8. The number of hydrogen-bond acceptors (Lipinski definition) is 3. The number of rotatable bonds is 5. The van der Waals surface area contributed by atoms with Crippen LogP contribution in [0.5, 0.6) is 0 Å². The maximum Gasteiger partial charge on any atom is 0.242 e. The highest BCUT2D eigenvalue weighted by atomic mass is 79.9. The van der Waals surface area contributed by atoms with Crippen LogP contribution in [0.1, 0.15) is 20.3 Å². The van der Waals surface area contributed by atoms with Gasteiger partial charge < -0.3 is 10.6 Å². The van der Waals surface area contributed by atoms with E-state index in [4.69, 9.17) is 0 Å². The van der Waals surface area contributed by atoms with Gasteiger partial charge in [0.1, 0.15) is 11.9 Å². The van der Waals surface area contributed by atoms with Crippen molar-refractivity contribution < 1.29 is 4.79 Å². The Kier molecular flexibility index (Phi) is 5.91. The van der Waals surface area contributed by atoms with Gasteiger partial charge in [-0.15, -0.1) is 0 Å². The molecule has 1 atom stereocenters. The van der Waals surface area contributed by atoms with E-state index in [1.807, 2.05) is 13.0 Å². The standard InChI is InChI=1S/C11H15Br2N3O/c1-3-4-14-11(17)7(2)16-10-9(13)5-8(12)6-15-10/h5-7H,3-4H2,1-2H3,(H,14,17)(H,15,16). The van der Waals surface area contributed by atoms with Gasteiger partial charge in [0.05, 0.1) is 4.47 Å². The van der Waals surface area contributed by atoms with Gasteiger partial charge in [0.25, 0.3) is 0 Å². The average Bonchev–Trinajstić information content (AvgIpc) is 2.29. The number of hydrogen-bond donors (Lipinski definition) is 2. The molecular formula is C11H15Br2N3O. The SMILES string of the molecule is CCCNC(=O)C(C)Nc1ncc(Br)cc1Br. The van der Waals surface area contributed by atoms with E-state index in [2.05, 4.69) is 47.5 Å². The molecule has 0 saturated carbocycles. The number of halogens is 2. The van der Waals surface area contributed by atoms with Gasteiger partial charge in [-0.2, -0.15) is 0 Å². The van der Waals surface area contributed by atoms with Gasteiger partial charge >= 0.3 is 0 Å². The Labute approximate surface area is 118 Å². The van der Waals surface area contributed by atoms with Crippen molar-refractivity contribution in [2.45, 2.75) is 26.3 Å². The summed E-state index contributed by atoms with van der Waals surface area (Å²) in [6.45, 7) is 4.52. The van der Waals surface area contributed by atoms with Gasteiger partial charge in [-0.1, -0.05) is 6.92 Å². The number of nitrogens with one attached hydrogen (secondary N) is 2. The summed E-state index contributed by atoms with van der Waals surface area (Å²) in [5.74, 6) is 0.635. The number of aromatic nitrogens is 1. The first-order valence-electron chi connectivity index (χ1n) is 5.40. The van der Waals surface area contributed by atoms with Crippen LogP contribution >= 0.6 is 31.9 Å². The molecule has 6 heteroatoms. The monoisotopic (exact) mass is 363 g/mol. The molecule has 17 heavy (non-hydrogen) atoms. The fourth-order valence-electron chi connectivity index (χ4n) is 1.19. The molecule has 0 radical (unpaired) electrons. The summed E-state index contributed by atoms with van der Waals surface area (Å²) in [6, 6.07) is 1.57. The normalized spacial score (nSPS) is 12.0. The zero-order valence-electron chi connectivity index (χ0n) is 9.76. The highest BCUT2D eigenvalue weighted by molar-refractivity contribution is 9.11. The second kappa shape index (κ2) is 6.96. The summed E-state index contributed by atoms with van der Waals surface area (Å²) < 4.78 is 1.71. The van der Waals surface area contributed by atoms with Crippen LogP contribution in [-0.2, 0) is 4.79 Å². The molecule has 1 unspecified atom stereocenters. The van der Waals surface area contributed by atoms with Crippen molar-refractivity contribution >= 4 is 43.6 Å². The lowest BCUT2D eigenvalue weighted by Crippen LogP contribution is -2.38. The van der Waals surface area contributed by atoms with E-state index in [0.29, 0.717) is 12.4 Å². The first kappa shape index (κ1) is 14.4. The maximum atomic E-state index is 11.7. The topological polar surface area (TPSA) is 54.0 Å². The molecule has 2 N–H and O–H groups in total. The number of anilines is 1. The summed E-state index contributed by atoms with van der Waals surface area (Å²) in [5, 5.41) is 5.88. The minimum Gasteiger partial charge on any atom is -0.358 e. The number of nitrogens with zero attached hydrogens (tertiary/aromatic N) is 1. The molecule has 0 bridgehead atoms. The van der Waals surface area contributed by atoms with Crippen LogP contribution in [0.25, 0.3) is 0 Å². The largest absolute Gasteiger partial charge is 0.358 e. The molecular weight excluding hydrogens is 350 g/mol. The van der Waals surface area contributed by atoms with Crippen molar-refractivity contribution in [3.05, 3.63) is 21.2 Å². The quantitative estimate of drug-likeness (QED) is 0.844. The van der Waals surface area contributed by atoms with Crippen LogP contribution in [0.2, 0.25) is 0 Å². The van der Waals surface area contributed by atoms with E-state index in [1.54, 1.807) is 13.1 Å². The van der Waals surface area contributed by atoms with Crippen LogP contribution < -0.4 is 10.6 Å². The predicted molar refractivity (Wildman–Crippen MR) is 76.0 cm³/mol. The molecule has 1 aromatic rings. The number of carbonyl (C=O) groups excluding carboxylic acids is 1. The van der Waals surface area contributed by atoms with Gasteiger partial charge in [0, 0.05) is 17.2 Å². The highest BCUT2D eigenvalue weighted by Gasteiger charge is 2.13. The van der Waals surface area contributed by atoms with E-state index in [-0.39, 0.29) is 11.9 Å². The summed E-state index contributed by atoms with van der Waals surface area (Å²) in [6.07, 6.45) is 2.61. The Morgan fingerprint density at radius 1 is 1.53 bits per heavy atom. The molecule has 0 fully saturated rings. The van der Waals surface area contributed by atoms with Crippen LogP contribution in [0.3, 0.4) is 0 Å². The Hall–Kier alpha value is -0.620. The number of pyridine rings is 1. The lowest BCUT2D eigenvalue weighted by Gasteiger charge is -2.15. The second-order valence-electron chi connectivity index (χ2n) is 3.64. The highest BCUT2D eigenvalue weighted by Crippen LogP contribution is 2.23. The van der Waals surface area contributed by atoms with Crippen molar-refractivity contribution in [3.63, 3.8) is 0 Å². The molecule has 4 nitrogen and oxygen atoms in total. The molecule has 0 aromatic carbocycles.